The van der Waals surface area contributed by atoms with Crippen LogP contribution in [0.15, 0.2) is 36.7 Å². The zero-order valence-electron chi connectivity index (χ0n) is 15.9. The number of aryl methyl sites for hydroxylation is 2. The van der Waals surface area contributed by atoms with E-state index in [4.69, 9.17) is 4.74 Å². The molecule has 0 spiro atoms. The van der Waals surface area contributed by atoms with Gasteiger partial charge < -0.3 is 14.7 Å². The van der Waals surface area contributed by atoms with Gasteiger partial charge in [-0.05, 0) is 66.6 Å². The summed E-state index contributed by atoms with van der Waals surface area (Å²) >= 11 is 0. The Bertz CT molecular complexity index is 809. The van der Waals surface area contributed by atoms with Crippen molar-refractivity contribution in [1.82, 2.24) is 9.97 Å². The molecule has 0 aliphatic carbocycles. The van der Waals surface area contributed by atoms with Gasteiger partial charge in [0, 0.05) is 23.8 Å². The quantitative estimate of drug-likeness (QED) is 0.632. The van der Waals surface area contributed by atoms with Crippen molar-refractivity contribution >= 4 is 0 Å². The number of ether oxygens (including phenoxy) is 1. The lowest BCUT2D eigenvalue weighted by molar-refractivity contribution is 0.414. The number of H-pyrrole nitrogens is 2. The Kier molecular flexibility index (Phi) is 5.03. The van der Waals surface area contributed by atoms with E-state index in [-0.39, 0.29) is 5.92 Å². The van der Waals surface area contributed by atoms with Crippen LogP contribution in [-0.4, -0.2) is 17.1 Å². The van der Waals surface area contributed by atoms with Gasteiger partial charge in [-0.1, -0.05) is 26.0 Å². The van der Waals surface area contributed by atoms with Crippen molar-refractivity contribution in [2.45, 2.75) is 46.5 Å². The van der Waals surface area contributed by atoms with E-state index >= 15 is 0 Å². The van der Waals surface area contributed by atoms with Crippen LogP contribution in [0.25, 0.3) is 0 Å². The molecule has 1 aromatic carbocycles. The summed E-state index contributed by atoms with van der Waals surface area (Å²) < 4.78 is 5.47. The van der Waals surface area contributed by atoms with Crippen molar-refractivity contribution in [2.24, 2.45) is 0 Å². The maximum atomic E-state index is 5.47. The Morgan fingerprint density at radius 3 is 1.92 bits per heavy atom. The zero-order valence-corrected chi connectivity index (χ0v) is 15.9. The van der Waals surface area contributed by atoms with Gasteiger partial charge in [0.05, 0.1) is 13.0 Å². The molecule has 0 bridgehead atoms. The van der Waals surface area contributed by atoms with E-state index in [2.05, 4.69) is 68.3 Å². The third-order valence-corrected chi connectivity index (χ3v) is 5.34. The van der Waals surface area contributed by atoms with Gasteiger partial charge in [0.15, 0.2) is 0 Å². The van der Waals surface area contributed by atoms with Gasteiger partial charge in [0.25, 0.3) is 0 Å². The van der Waals surface area contributed by atoms with Crippen LogP contribution in [0.5, 0.6) is 5.75 Å². The van der Waals surface area contributed by atoms with E-state index in [1.165, 1.54) is 39.2 Å². The third kappa shape index (κ3) is 3.11. The molecule has 3 rings (SSSR count). The van der Waals surface area contributed by atoms with Gasteiger partial charge >= 0.3 is 0 Å². The maximum Gasteiger partial charge on any atom is 0.119 e. The number of aromatic amines is 2. The number of benzene rings is 1. The first-order valence-corrected chi connectivity index (χ1v) is 9.08. The monoisotopic (exact) mass is 336 g/mol. The first kappa shape index (κ1) is 17.4. The molecule has 0 atom stereocenters. The predicted molar refractivity (Wildman–Crippen MR) is 104 cm³/mol. The van der Waals surface area contributed by atoms with Crippen LogP contribution in [-0.2, 0) is 12.8 Å². The largest absolute Gasteiger partial charge is 0.497 e. The van der Waals surface area contributed by atoms with Crippen LogP contribution in [0.4, 0.5) is 0 Å². The Balaban J connectivity index is 2.20. The summed E-state index contributed by atoms with van der Waals surface area (Å²) in [6, 6.07) is 8.39. The van der Waals surface area contributed by atoms with Crippen molar-refractivity contribution < 1.29 is 4.74 Å². The summed E-state index contributed by atoms with van der Waals surface area (Å²) in [4.78, 5) is 7.11. The van der Waals surface area contributed by atoms with Crippen LogP contribution < -0.4 is 4.74 Å². The van der Waals surface area contributed by atoms with Crippen LogP contribution >= 0.6 is 0 Å². The van der Waals surface area contributed by atoms with Crippen LogP contribution in [0, 0.1) is 13.8 Å². The molecule has 2 heterocycles. The van der Waals surface area contributed by atoms with E-state index in [0.29, 0.717) is 0 Å². The van der Waals surface area contributed by atoms with E-state index in [9.17, 15) is 0 Å². The number of methoxy groups -OCH3 is 1. The number of rotatable bonds is 6. The smallest absolute Gasteiger partial charge is 0.119 e. The lowest BCUT2D eigenvalue weighted by atomic mass is 9.87. The highest BCUT2D eigenvalue weighted by molar-refractivity contribution is 5.49. The number of nitrogens with one attached hydrogen (secondary N) is 2. The molecule has 0 aliphatic rings. The SMILES string of the molecule is CCc1c[nH]c(C(c2cccc(OC)c2)c2[nH]cc(CC)c2C)c1C. The van der Waals surface area contributed by atoms with Gasteiger partial charge in [0.1, 0.15) is 5.75 Å². The van der Waals surface area contributed by atoms with Gasteiger partial charge in [-0.2, -0.15) is 0 Å². The Hall–Kier alpha value is -2.42. The van der Waals surface area contributed by atoms with Crippen molar-refractivity contribution in [3.8, 4) is 5.75 Å². The third-order valence-electron chi connectivity index (χ3n) is 5.34. The topological polar surface area (TPSA) is 40.8 Å². The number of aromatic nitrogens is 2. The van der Waals surface area contributed by atoms with Crippen LogP contribution in [0.2, 0.25) is 0 Å². The minimum atomic E-state index is 0.149. The van der Waals surface area contributed by atoms with E-state index in [0.717, 1.165) is 18.6 Å². The zero-order chi connectivity index (χ0) is 18.0. The molecule has 2 aromatic heterocycles. The Morgan fingerprint density at radius 2 is 1.48 bits per heavy atom. The molecule has 0 saturated heterocycles. The molecular formula is C22H28N2O. The van der Waals surface area contributed by atoms with Crippen molar-refractivity contribution in [3.05, 3.63) is 75.9 Å². The molecule has 0 fully saturated rings. The van der Waals surface area contributed by atoms with E-state index < -0.39 is 0 Å². The fraction of sp³-hybridized carbons (Fsp3) is 0.364. The molecule has 2 N–H and O–H groups in total. The predicted octanol–water partition coefficient (Wildman–Crippen LogP) is 5.27. The second-order valence-corrected chi connectivity index (χ2v) is 6.62. The van der Waals surface area contributed by atoms with Gasteiger partial charge in [0.2, 0.25) is 0 Å². The van der Waals surface area contributed by atoms with Gasteiger partial charge in [-0.3, -0.25) is 0 Å². The molecule has 3 aromatic rings. The standard InChI is InChI=1S/C22H28N2O/c1-6-16-12-23-21(14(16)3)20(18-9-8-10-19(11-18)25-5)22-15(4)17(7-2)13-24-22/h8-13,20,23-24H,6-7H2,1-5H3. The molecule has 0 saturated carbocycles. The summed E-state index contributed by atoms with van der Waals surface area (Å²) in [5.41, 5.74) is 9.21. The second kappa shape index (κ2) is 7.22. The first-order valence-electron chi connectivity index (χ1n) is 9.08. The minimum absolute atomic E-state index is 0.149. The normalized spacial score (nSPS) is 11.3. The molecule has 0 radical (unpaired) electrons. The molecule has 0 aliphatic heterocycles. The lowest BCUT2D eigenvalue weighted by Crippen LogP contribution is -2.08. The first-order chi connectivity index (χ1) is 12.1. The highest BCUT2D eigenvalue weighted by Gasteiger charge is 2.25. The van der Waals surface area contributed by atoms with Crippen LogP contribution in [0.3, 0.4) is 0 Å². The fourth-order valence-electron chi connectivity index (χ4n) is 3.74. The molecule has 0 amide bonds. The minimum Gasteiger partial charge on any atom is -0.497 e. The lowest BCUT2D eigenvalue weighted by Gasteiger charge is -2.19. The van der Waals surface area contributed by atoms with Gasteiger partial charge in [-0.25, -0.2) is 0 Å². The molecule has 25 heavy (non-hydrogen) atoms. The summed E-state index contributed by atoms with van der Waals surface area (Å²) in [6.45, 7) is 8.85. The number of hydrogen-bond acceptors (Lipinski definition) is 1. The van der Waals surface area contributed by atoms with Crippen LogP contribution in [0.1, 0.15) is 59.0 Å². The van der Waals surface area contributed by atoms with Crippen molar-refractivity contribution in [3.63, 3.8) is 0 Å². The Labute approximate surface area is 150 Å². The maximum absolute atomic E-state index is 5.47. The highest BCUT2D eigenvalue weighted by atomic mass is 16.5. The molecule has 0 unspecified atom stereocenters. The average molecular weight is 336 g/mol. The molecule has 3 nitrogen and oxygen atoms in total. The van der Waals surface area contributed by atoms with Crippen molar-refractivity contribution in [1.29, 1.82) is 0 Å². The molecular weight excluding hydrogens is 308 g/mol. The summed E-state index contributed by atoms with van der Waals surface area (Å²) in [5.74, 6) is 1.04. The number of hydrogen-bond donors (Lipinski definition) is 2. The summed E-state index contributed by atoms with van der Waals surface area (Å²) in [7, 11) is 1.72. The van der Waals surface area contributed by atoms with Crippen molar-refractivity contribution in [2.75, 3.05) is 7.11 Å². The fourth-order valence-corrected chi connectivity index (χ4v) is 3.74. The van der Waals surface area contributed by atoms with E-state index in [1.807, 2.05) is 6.07 Å². The molecule has 3 heteroatoms. The highest BCUT2D eigenvalue weighted by Crippen LogP contribution is 2.37. The summed E-state index contributed by atoms with van der Waals surface area (Å²) in [6.07, 6.45) is 6.38. The second-order valence-electron chi connectivity index (χ2n) is 6.62. The molecule has 132 valence electrons. The van der Waals surface area contributed by atoms with E-state index in [1.54, 1.807) is 7.11 Å². The van der Waals surface area contributed by atoms with Gasteiger partial charge in [-0.15, -0.1) is 0 Å². The average Bonchev–Trinajstić information content (AvgIpc) is 3.19. The Morgan fingerprint density at radius 1 is 0.920 bits per heavy atom. The summed E-state index contributed by atoms with van der Waals surface area (Å²) in [5, 5.41) is 0.